The van der Waals surface area contributed by atoms with E-state index in [2.05, 4.69) is 34.3 Å². The zero-order valence-electron chi connectivity index (χ0n) is 16.2. The number of pyridine rings is 1. The first-order valence-electron chi connectivity index (χ1n) is 9.29. The maximum Gasteiger partial charge on any atom is 0.339 e. The van der Waals surface area contributed by atoms with Gasteiger partial charge in [0.05, 0.1) is 17.9 Å². The van der Waals surface area contributed by atoms with E-state index in [0.29, 0.717) is 30.1 Å². The number of aryl methyl sites for hydroxylation is 1. The Morgan fingerprint density at radius 3 is 2.48 bits per heavy atom. The predicted octanol–water partition coefficient (Wildman–Crippen LogP) is 3.21. The van der Waals surface area contributed by atoms with E-state index in [-0.39, 0.29) is 5.91 Å². The Morgan fingerprint density at radius 1 is 1.11 bits per heavy atom. The van der Waals surface area contributed by atoms with Gasteiger partial charge >= 0.3 is 5.97 Å². The molecule has 0 fully saturated rings. The molecule has 2 rings (SSSR count). The Labute approximate surface area is 160 Å². The summed E-state index contributed by atoms with van der Waals surface area (Å²) in [5.41, 5.74) is 2.35. The van der Waals surface area contributed by atoms with Crippen molar-refractivity contribution in [1.82, 2.24) is 10.3 Å². The van der Waals surface area contributed by atoms with Crippen LogP contribution in [-0.2, 0) is 4.74 Å². The van der Waals surface area contributed by atoms with Crippen LogP contribution in [0.2, 0.25) is 0 Å². The molecular formula is C21H27N3O3. The number of amides is 1. The van der Waals surface area contributed by atoms with Gasteiger partial charge in [0.25, 0.3) is 5.91 Å². The third-order valence-electron chi connectivity index (χ3n) is 4.21. The van der Waals surface area contributed by atoms with Crippen LogP contribution in [0.4, 0.5) is 5.69 Å². The molecule has 0 spiro atoms. The van der Waals surface area contributed by atoms with Crippen LogP contribution in [0.15, 0.2) is 42.5 Å². The van der Waals surface area contributed by atoms with Gasteiger partial charge in [-0.3, -0.25) is 4.79 Å². The normalized spacial score (nSPS) is 10.3. The first-order valence-corrected chi connectivity index (χ1v) is 9.29. The van der Waals surface area contributed by atoms with Crippen LogP contribution in [0.25, 0.3) is 0 Å². The molecule has 0 bridgehead atoms. The lowest BCUT2D eigenvalue weighted by Gasteiger charge is -2.23. The second-order valence-corrected chi connectivity index (χ2v) is 6.07. The number of aromatic nitrogens is 1. The topological polar surface area (TPSA) is 71.5 Å². The van der Waals surface area contributed by atoms with Gasteiger partial charge in [0.1, 0.15) is 5.69 Å². The van der Waals surface area contributed by atoms with Crippen molar-refractivity contribution in [3.05, 3.63) is 59.4 Å². The average Bonchev–Trinajstić information content (AvgIpc) is 2.68. The summed E-state index contributed by atoms with van der Waals surface area (Å²) >= 11 is 0. The first kappa shape index (κ1) is 20.4. The number of rotatable bonds is 9. The fraction of sp³-hybridized carbons (Fsp3) is 0.381. The third-order valence-corrected chi connectivity index (χ3v) is 4.21. The van der Waals surface area contributed by atoms with Crippen molar-refractivity contribution in [2.75, 3.05) is 31.1 Å². The van der Waals surface area contributed by atoms with Crippen LogP contribution < -0.4 is 10.2 Å². The van der Waals surface area contributed by atoms with Gasteiger partial charge in [-0.2, -0.15) is 0 Å². The van der Waals surface area contributed by atoms with Crippen molar-refractivity contribution in [2.24, 2.45) is 0 Å². The van der Waals surface area contributed by atoms with Gasteiger partial charge in [-0.1, -0.05) is 18.2 Å². The average molecular weight is 369 g/mol. The lowest BCUT2D eigenvalue weighted by molar-refractivity contribution is 0.0524. The molecule has 1 N–H and O–H groups in total. The zero-order chi connectivity index (χ0) is 19.6. The highest BCUT2D eigenvalue weighted by Gasteiger charge is 2.14. The van der Waals surface area contributed by atoms with Crippen LogP contribution in [0.3, 0.4) is 0 Å². The molecule has 0 saturated carbocycles. The summed E-state index contributed by atoms with van der Waals surface area (Å²) in [6.45, 7) is 8.19. The molecule has 27 heavy (non-hydrogen) atoms. The van der Waals surface area contributed by atoms with Gasteiger partial charge in [0.15, 0.2) is 0 Å². The van der Waals surface area contributed by atoms with E-state index in [1.165, 1.54) is 5.69 Å². The van der Waals surface area contributed by atoms with E-state index in [0.717, 1.165) is 19.5 Å². The molecule has 0 saturated heterocycles. The minimum atomic E-state index is -0.421. The number of esters is 1. The molecule has 6 nitrogen and oxygen atoms in total. The second kappa shape index (κ2) is 10.3. The highest BCUT2D eigenvalue weighted by Crippen LogP contribution is 2.13. The Kier molecular flexibility index (Phi) is 7.79. The number of nitrogens with zero attached hydrogens (tertiary/aromatic N) is 2. The number of carbonyl (C=O) groups is 2. The van der Waals surface area contributed by atoms with E-state index in [1.807, 2.05) is 18.2 Å². The number of benzene rings is 1. The summed E-state index contributed by atoms with van der Waals surface area (Å²) in [4.78, 5) is 30.6. The molecule has 144 valence electrons. The molecule has 1 aromatic heterocycles. The van der Waals surface area contributed by atoms with Crippen LogP contribution in [0.1, 0.15) is 46.8 Å². The molecule has 0 aliphatic heterocycles. The van der Waals surface area contributed by atoms with Gasteiger partial charge in [-0.25, -0.2) is 9.78 Å². The van der Waals surface area contributed by atoms with Crippen LogP contribution >= 0.6 is 0 Å². The number of nitrogens with one attached hydrogen (secondary N) is 1. The van der Waals surface area contributed by atoms with E-state index in [9.17, 15) is 9.59 Å². The molecule has 0 radical (unpaired) electrons. The van der Waals surface area contributed by atoms with Crippen molar-refractivity contribution in [3.63, 3.8) is 0 Å². The quantitative estimate of drug-likeness (QED) is 0.543. The maximum absolute atomic E-state index is 12.3. The number of carbonyl (C=O) groups excluding carboxylic acids is 2. The first-order chi connectivity index (χ1) is 13.1. The summed E-state index contributed by atoms with van der Waals surface area (Å²) in [6.07, 6.45) is 0.828. The van der Waals surface area contributed by atoms with E-state index in [1.54, 1.807) is 26.0 Å². The van der Waals surface area contributed by atoms with E-state index in [4.69, 9.17) is 4.74 Å². The van der Waals surface area contributed by atoms with Crippen molar-refractivity contribution in [3.8, 4) is 0 Å². The number of hydrogen-bond donors (Lipinski definition) is 1. The number of para-hydroxylation sites is 1. The Morgan fingerprint density at radius 2 is 1.85 bits per heavy atom. The summed E-state index contributed by atoms with van der Waals surface area (Å²) in [7, 11) is 0. The van der Waals surface area contributed by atoms with Crippen LogP contribution in [-0.4, -0.2) is 43.1 Å². The number of anilines is 1. The molecule has 6 heteroatoms. The predicted molar refractivity (Wildman–Crippen MR) is 106 cm³/mol. The minimum absolute atomic E-state index is 0.240. The SMILES string of the molecule is CCOC(=O)c1ccc(C(=O)NCCCN(CC)c2ccccc2)nc1C. The van der Waals surface area contributed by atoms with Crippen molar-refractivity contribution in [2.45, 2.75) is 27.2 Å². The van der Waals surface area contributed by atoms with Crippen LogP contribution in [0.5, 0.6) is 0 Å². The standard InChI is InChI=1S/C21H27N3O3/c1-4-24(17-10-7-6-8-11-17)15-9-14-22-20(25)19-13-12-18(16(3)23-19)21(26)27-5-2/h6-8,10-13H,4-5,9,14-15H2,1-3H3,(H,22,25). The Hall–Kier alpha value is -2.89. The van der Waals surface area contributed by atoms with Crippen LogP contribution in [0, 0.1) is 6.92 Å². The number of hydrogen-bond acceptors (Lipinski definition) is 5. The highest BCUT2D eigenvalue weighted by atomic mass is 16.5. The highest BCUT2D eigenvalue weighted by molar-refractivity contribution is 5.95. The summed E-state index contributed by atoms with van der Waals surface area (Å²) in [6, 6.07) is 13.3. The largest absolute Gasteiger partial charge is 0.462 e. The molecule has 0 aliphatic rings. The van der Waals surface area contributed by atoms with Gasteiger partial charge in [-0.15, -0.1) is 0 Å². The summed E-state index contributed by atoms with van der Waals surface area (Å²) in [5.74, 6) is -0.661. The lowest BCUT2D eigenvalue weighted by Crippen LogP contribution is -2.30. The molecule has 0 unspecified atom stereocenters. The molecule has 0 atom stereocenters. The lowest BCUT2D eigenvalue weighted by atomic mass is 10.2. The van der Waals surface area contributed by atoms with Gasteiger partial charge < -0.3 is 15.0 Å². The van der Waals surface area contributed by atoms with Crippen molar-refractivity contribution < 1.29 is 14.3 Å². The second-order valence-electron chi connectivity index (χ2n) is 6.07. The maximum atomic E-state index is 12.3. The Balaban J connectivity index is 1.85. The summed E-state index contributed by atoms with van der Waals surface area (Å²) in [5, 5.41) is 2.89. The van der Waals surface area contributed by atoms with Gasteiger partial charge in [0.2, 0.25) is 0 Å². The molecule has 1 heterocycles. The Bertz CT molecular complexity index is 763. The third kappa shape index (κ3) is 5.81. The minimum Gasteiger partial charge on any atom is -0.462 e. The van der Waals surface area contributed by atoms with E-state index < -0.39 is 5.97 Å². The molecular weight excluding hydrogens is 342 g/mol. The number of ether oxygens (including phenoxy) is 1. The van der Waals surface area contributed by atoms with Crippen molar-refractivity contribution in [1.29, 1.82) is 0 Å². The monoisotopic (exact) mass is 369 g/mol. The van der Waals surface area contributed by atoms with Gasteiger partial charge in [0, 0.05) is 25.3 Å². The van der Waals surface area contributed by atoms with Crippen molar-refractivity contribution >= 4 is 17.6 Å². The molecule has 1 aromatic carbocycles. The molecule has 1 amide bonds. The fourth-order valence-corrected chi connectivity index (χ4v) is 2.78. The summed E-state index contributed by atoms with van der Waals surface area (Å²) < 4.78 is 4.97. The van der Waals surface area contributed by atoms with E-state index >= 15 is 0 Å². The van der Waals surface area contributed by atoms with Gasteiger partial charge in [-0.05, 0) is 51.5 Å². The molecule has 2 aromatic rings. The fourth-order valence-electron chi connectivity index (χ4n) is 2.78. The smallest absolute Gasteiger partial charge is 0.339 e. The molecule has 0 aliphatic carbocycles. The zero-order valence-corrected chi connectivity index (χ0v) is 16.2.